The van der Waals surface area contributed by atoms with E-state index in [-0.39, 0.29) is 30.5 Å². The SMILES string of the molecule is C#CC[C@@H]1O[C@H](CI)[C@@H](OCc2ccccc2)[C@H](OCc2ccccc2)[C@H]1OCc1ccccc1. The van der Waals surface area contributed by atoms with E-state index in [0.29, 0.717) is 26.2 Å². The Balaban J connectivity index is 1.58. The summed E-state index contributed by atoms with van der Waals surface area (Å²) < 4.78 is 26.8. The van der Waals surface area contributed by atoms with E-state index in [1.165, 1.54) is 0 Å². The Hall–Kier alpha value is -2.21. The molecule has 0 amide bonds. The van der Waals surface area contributed by atoms with Crippen molar-refractivity contribution in [2.24, 2.45) is 0 Å². The first-order chi connectivity index (χ1) is 17.3. The number of hydrogen-bond donors (Lipinski definition) is 0. The highest BCUT2D eigenvalue weighted by Crippen LogP contribution is 2.32. The van der Waals surface area contributed by atoms with E-state index in [1.807, 2.05) is 54.6 Å². The highest BCUT2D eigenvalue weighted by molar-refractivity contribution is 14.1. The Labute approximate surface area is 222 Å². The molecule has 0 radical (unpaired) electrons. The normalized spacial score (nSPS) is 24.1. The van der Waals surface area contributed by atoms with Crippen LogP contribution in [-0.4, -0.2) is 34.9 Å². The summed E-state index contributed by atoms with van der Waals surface area (Å²) in [6, 6.07) is 30.5. The van der Waals surface area contributed by atoms with Gasteiger partial charge in [0.1, 0.15) is 18.3 Å². The molecule has 0 aromatic heterocycles. The molecule has 0 aliphatic carbocycles. The monoisotopic (exact) mass is 582 g/mol. The molecule has 0 N–H and O–H groups in total. The quantitative estimate of drug-likeness (QED) is 0.159. The van der Waals surface area contributed by atoms with Crippen LogP contribution in [0.5, 0.6) is 0 Å². The summed E-state index contributed by atoms with van der Waals surface area (Å²) in [6.07, 6.45) is 4.74. The van der Waals surface area contributed by atoms with Gasteiger partial charge in [0.2, 0.25) is 0 Å². The van der Waals surface area contributed by atoms with Crippen LogP contribution in [0.4, 0.5) is 0 Å². The molecule has 4 rings (SSSR count). The molecule has 1 saturated heterocycles. The van der Waals surface area contributed by atoms with E-state index < -0.39 is 0 Å². The van der Waals surface area contributed by atoms with E-state index in [9.17, 15) is 0 Å². The number of hydrogen-bond acceptors (Lipinski definition) is 4. The summed E-state index contributed by atoms with van der Waals surface area (Å²) in [5.74, 6) is 2.77. The van der Waals surface area contributed by atoms with Crippen molar-refractivity contribution in [2.75, 3.05) is 4.43 Å². The van der Waals surface area contributed by atoms with Crippen molar-refractivity contribution in [3.05, 3.63) is 108 Å². The zero-order valence-corrected chi connectivity index (χ0v) is 21.8. The van der Waals surface area contributed by atoms with E-state index in [4.69, 9.17) is 25.4 Å². The van der Waals surface area contributed by atoms with Crippen LogP contribution in [0.2, 0.25) is 0 Å². The molecule has 3 aromatic carbocycles. The van der Waals surface area contributed by atoms with Crippen molar-refractivity contribution in [3.8, 4) is 12.3 Å². The number of alkyl halides is 1. The first-order valence-electron chi connectivity index (χ1n) is 11.9. The second kappa shape index (κ2) is 13.8. The minimum absolute atomic E-state index is 0.157. The Kier molecular flexibility index (Phi) is 10.2. The van der Waals surface area contributed by atoms with Gasteiger partial charge in [0, 0.05) is 10.8 Å². The molecule has 35 heavy (non-hydrogen) atoms. The zero-order valence-electron chi connectivity index (χ0n) is 19.7. The summed E-state index contributed by atoms with van der Waals surface area (Å²) in [7, 11) is 0. The molecule has 3 aromatic rings. The van der Waals surface area contributed by atoms with Crippen LogP contribution in [0.1, 0.15) is 23.1 Å². The van der Waals surface area contributed by atoms with Crippen molar-refractivity contribution in [2.45, 2.75) is 56.8 Å². The molecule has 4 nitrogen and oxygen atoms in total. The lowest BCUT2D eigenvalue weighted by molar-refractivity contribution is -0.258. The van der Waals surface area contributed by atoms with Gasteiger partial charge in [-0.05, 0) is 16.7 Å². The van der Waals surface area contributed by atoms with Gasteiger partial charge >= 0.3 is 0 Å². The predicted octanol–water partition coefficient (Wildman–Crippen LogP) is 5.97. The highest BCUT2D eigenvalue weighted by Gasteiger charge is 2.47. The van der Waals surface area contributed by atoms with Crippen LogP contribution >= 0.6 is 22.6 Å². The van der Waals surface area contributed by atoms with Gasteiger partial charge in [-0.3, -0.25) is 0 Å². The van der Waals surface area contributed by atoms with Gasteiger partial charge in [-0.25, -0.2) is 0 Å². The molecular formula is C30H31IO4. The maximum atomic E-state index is 6.58. The van der Waals surface area contributed by atoms with Crippen LogP contribution in [0.15, 0.2) is 91.0 Å². The summed E-state index contributed by atoms with van der Waals surface area (Å²) in [6.45, 7) is 1.37. The van der Waals surface area contributed by atoms with Crippen LogP contribution in [0.25, 0.3) is 0 Å². The summed E-state index contributed by atoms with van der Waals surface area (Å²) in [4.78, 5) is 0. The molecule has 182 valence electrons. The first-order valence-corrected chi connectivity index (χ1v) is 13.4. The molecule has 1 heterocycles. The van der Waals surface area contributed by atoms with E-state index >= 15 is 0 Å². The lowest BCUT2D eigenvalue weighted by Crippen LogP contribution is -2.60. The molecule has 0 saturated carbocycles. The third-order valence-electron chi connectivity index (χ3n) is 6.06. The van der Waals surface area contributed by atoms with Gasteiger partial charge in [-0.2, -0.15) is 0 Å². The zero-order chi connectivity index (χ0) is 24.3. The van der Waals surface area contributed by atoms with Crippen LogP contribution in [0.3, 0.4) is 0 Å². The van der Waals surface area contributed by atoms with Crippen LogP contribution in [-0.2, 0) is 38.8 Å². The Bertz CT molecular complexity index is 1040. The lowest BCUT2D eigenvalue weighted by Gasteiger charge is -2.45. The van der Waals surface area contributed by atoms with Crippen molar-refractivity contribution in [3.63, 3.8) is 0 Å². The van der Waals surface area contributed by atoms with Gasteiger partial charge < -0.3 is 18.9 Å². The maximum absolute atomic E-state index is 6.58. The molecule has 0 spiro atoms. The largest absolute Gasteiger partial charge is 0.368 e. The fourth-order valence-corrected chi connectivity index (χ4v) is 5.00. The smallest absolute Gasteiger partial charge is 0.115 e. The molecule has 1 fully saturated rings. The van der Waals surface area contributed by atoms with Gasteiger partial charge in [0.15, 0.2) is 0 Å². The summed E-state index contributed by atoms with van der Waals surface area (Å²) in [5.41, 5.74) is 3.29. The highest BCUT2D eigenvalue weighted by atomic mass is 127. The Morgan fingerprint density at radius 3 is 1.43 bits per heavy atom. The van der Waals surface area contributed by atoms with Crippen molar-refractivity contribution in [1.29, 1.82) is 0 Å². The van der Waals surface area contributed by atoms with E-state index in [0.717, 1.165) is 21.1 Å². The predicted molar refractivity (Wildman–Crippen MR) is 146 cm³/mol. The Morgan fingerprint density at radius 2 is 1.03 bits per heavy atom. The van der Waals surface area contributed by atoms with Gasteiger partial charge in [0.05, 0.1) is 32.0 Å². The average Bonchev–Trinajstić information content (AvgIpc) is 2.92. The van der Waals surface area contributed by atoms with Crippen molar-refractivity contribution < 1.29 is 18.9 Å². The van der Waals surface area contributed by atoms with E-state index in [1.54, 1.807) is 0 Å². The van der Waals surface area contributed by atoms with Gasteiger partial charge in [-0.1, -0.05) is 114 Å². The average molecular weight is 582 g/mol. The number of terminal acetylenes is 1. The lowest BCUT2D eigenvalue weighted by atomic mass is 9.93. The molecule has 5 heteroatoms. The minimum atomic E-state index is -0.366. The molecular weight excluding hydrogens is 551 g/mol. The van der Waals surface area contributed by atoms with Crippen LogP contribution in [0, 0.1) is 12.3 Å². The second-order valence-electron chi connectivity index (χ2n) is 8.56. The number of rotatable bonds is 11. The topological polar surface area (TPSA) is 36.9 Å². The second-order valence-corrected chi connectivity index (χ2v) is 9.44. The van der Waals surface area contributed by atoms with Crippen molar-refractivity contribution in [1.82, 2.24) is 0 Å². The van der Waals surface area contributed by atoms with E-state index in [2.05, 4.69) is 64.9 Å². The molecule has 0 unspecified atom stereocenters. The fourth-order valence-electron chi connectivity index (χ4n) is 4.29. The van der Waals surface area contributed by atoms with Gasteiger partial charge in [-0.15, -0.1) is 12.3 Å². The van der Waals surface area contributed by atoms with Gasteiger partial charge in [0.25, 0.3) is 0 Å². The maximum Gasteiger partial charge on any atom is 0.115 e. The number of benzene rings is 3. The Morgan fingerprint density at radius 1 is 0.629 bits per heavy atom. The molecule has 1 aliphatic rings. The standard InChI is InChI=1S/C30H31IO4/c1-2-12-26-28(32-20-23-13-6-3-7-14-23)30(34-22-25-17-10-5-11-18-25)29(27(19-31)35-26)33-21-24-15-8-4-9-16-24/h1,3-11,13-18,26-30H,12,19-22H2/t26-,27+,28-,29+,30+/m0/s1. The minimum Gasteiger partial charge on any atom is -0.368 e. The number of halogens is 1. The fraction of sp³-hybridized carbons (Fsp3) is 0.333. The summed E-state index contributed by atoms with van der Waals surface area (Å²) >= 11 is 2.35. The van der Waals surface area contributed by atoms with Crippen molar-refractivity contribution >= 4 is 22.6 Å². The van der Waals surface area contributed by atoms with Crippen LogP contribution < -0.4 is 0 Å². The third-order valence-corrected chi connectivity index (χ3v) is 6.93. The number of ether oxygens (including phenoxy) is 4. The third kappa shape index (κ3) is 7.39. The molecule has 5 atom stereocenters. The molecule has 1 aliphatic heterocycles. The first kappa shape index (κ1) is 25.9. The molecule has 0 bridgehead atoms. The summed E-state index contributed by atoms with van der Waals surface area (Å²) in [5, 5.41) is 0.